The highest BCUT2D eigenvalue weighted by Gasteiger charge is 2.33. The van der Waals surface area contributed by atoms with Crippen molar-refractivity contribution in [3.05, 3.63) is 0 Å². The number of nitrogens with one attached hydrogen (secondary N) is 1. The molecule has 2 saturated heterocycles. The normalized spacial score (nSPS) is 28.9. The lowest BCUT2D eigenvalue weighted by atomic mass is 10.2. The van der Waals surface area contributed by atoms with Crippen LogP contribution < -0.4 is 5.32 Å². The maximum absolute atomic E-state index is 11.6. The summed E-state index contributed by atoms with van der Waals surface area (Å²) in [6, 6.07) is -0.316. The molecule has 1 atom stereocenters. The Hall–Kier alpha value is -1.10. The van der Waals surface area contributed by atoms with Gasteiger partial charge in [-0.15, -0.1) is 0 Å². The lowest BCUT2D eigenvalue weighted by molar-refractivity contribution is -0.129. The SMILES string of the molecule is O=C1CCCNC(=O)N1C1CCOC1. The third kappa shape index (κ3) is 1.72. The summed E-state index contributed by atoms with van der Waals surface area (Å²) >= 11 is 0. The van der Waals surface area contributed by atoms with Gasteiger partial charge in [0.1, 0.15) is 0 Å². The zero-order chi connectivity index (χ0) is 9.97. The van der Waals surface area contributed by atoms with Crippen LogP contribution in [0.4, 0.5) is 4.79 Å². The van der Waals surface area contributed by atoms with Crippen molar-refractivity contribution >= 4 is 11.9 Å². The van der Waals surface area contributed by atoms with Gasteiger partial charge in [-0.05, 0) is 12.8 Å². The molecule has 1 N–H and O–H groups in total. The molecule has 2 aliphatic rings. The molecule has 0 aliphatic carbocycles. The van der Waals surface area contributed by atoms with Gasteiger partial charge in [-0.2, -0.15) is 0 Å². The van der Waals surface area contributed by atoms with Crippen molar-refractivity contribution in [2.75, 3.05) is 19.8 Å². The molecule has 1 unspecified atom stereocenters. The number of urea groups is 1. The zero-order valence-corrected chi connectivity index (χ0v) is 7.99. The van der Waals surface area contributed by atoms with Gasteiger partial charge in [-0.25, -0.2) is 4.79 Å². The van der Waals surface area contributed by atoms with Gasteiger partial charge in [0.25, 0.3) is 0 Å². The fraction of sp³-hybridized carbons (Fsp3) is 0.778. The minimum absolute atomic E-state index is 0.0550. The molecule has 3 amide bonds. The number of carbonyl (C=O) groups excluding carboxylic acids is 2. The van der Waals surface area contributed by atoms with Crippen molar-refractivity contribution in [2.45, 2.75) is 25.3 Å². The molecule has 2 aliphatic heterocycles. The monoisotopic (exact) mass is 198 g/mol. The van der Waals surface area contributed by atoms with E-state index >= 15 is 0 Å². The lowest BCUT2D eigenvalue weighted by Gasteiger charge is -2.23. The Morgan fingerprint density at radius 2 is 2.29 bits per heavy atom. The number of ether oxygens (including phenoxy) is 1. The van der Waals surface area contributed by atoms with E-state index < -0.39 is 0 Å². The van der Waals surface area contributed by atoms with Crippen LogP contribution in [0.15, 0.2) is 0 Å². The number of imide groups is 1. The van der Waals surface area contributed by atoms with Crippen LogP contribution in [0.1, 0.15) is 19.3 Å². The van der Waals surface area contributed by atoms with E-state index in [2.05, 4.69) is 5.32 Å². The number of carbonyl (C=O) groups is 2. The van der Waals surface area contributed by atoms with Crippen LogP contribution >= 0.6 is 0 Å². The summed E-state index contributed by atoms with van der Waals surface area (Å²) in [6.07, 6.45) is 1.95. The van der Waals surface area contributed by atoms with Crippen molar-refractivity contribution in [2.24, 2.45) is 0 Å². The van der Waals surface area contributed by atoms with Crippen molar-refractivity contribution in [1.29, 1.82) is 0 Å². The number of amides is 3. The van der Waals surface area contributed by atoms with E-state index in [0.717, 1.165) is 12.8 Å². The smallest absolute Gasteiger partial charge is 0.324 e. The second-order valence-corrected chi connectivity index (χ2v) is 3.62. The molecule has 0 aromatic carbocycles. The lowest BCUT2D eigenvalue weighted by Crippen LogP contribution is -2.48. The number of hydrogen-bond acceptors (Lipinski definition) is 3. The van der Waals surface area contributed by atoms with Gasteiger partial charge in [0.05, 0.1) is 12.6 Å². The fourth-order valence-corrected chi connectivity index (χ4v) is 1.85. The molecule has 2 rings (SSSR count). The summed E-state index contributed by atoms with van der Waals surface area (Å²) in [7, 11) is 0. The van der Waals surface area contributed by atoms with Gasteiger partial charge in [0, 0.05) is 19.6 Å². The second-order valence-electron chi connectivity index (χ2n) is 3.62. The van der Waals surface area contributed by atoms with Gasteiger partial charge < -0.3 is 10.1 Å². The van der Waals surface area contributed by atoms with E-state index in [0.29, 0.717) is 26.2 Å². The first-order valence-electron chi connectivity index (χ1n) is 4.96. The van der Waals surface area contributed by atoms with Crippen LogP contribution in [0, 0.1) is 0 Å². The van der Waals surface area contributed by atoms with Crippen LogP contribution in [0.3, 0.4) is 0 Å². The molecule has 5 heteroatoms. The molecule has 78 valence electrons. The van der Waals surface area contributed by atoms with E-state index in [1.54, 1.807) is 0 Å². The number of rotatable bonds is 1. The van der Waals surface area contributed by atoms with Gasteiger partial charge in [-0.3, -0.25) is 9.69 Å². The third-order valence-electron chi connectivity index (χ3n) is 2.60. The predicted octanol–water partition coefficient (Wildman–Crippen LogP) is 0.107. The van der Waals surface area contributed by atoms with Crippen molar-refractivity contribution in [3.8, 4) is 0 Å². The van der Waals surface area contributed by atoms with Crippen LogP contribution in [-0.4, -0.2) is 42.6 Å². The summed E-state index contributed by atoms with van der Waals surface area (Å²) < 4.78 is 5.17. The maximum Gasteiger partial charge on any atom is 0.324 e. The van der Waals surface area contributed by atoms with Crippen LogP contribution in [0.5, 0.6) is 0 Å². The van der Waals surface area contributed by atoms with Crippen LogP contribution in [0.25, 0.3) is 0 Å². The van der Waals surface area contributed by atoms with E-state index in [4.69, 9.17) is 4.74 Å². The van der Waals surface area contributed by atoms with Gasteiger partial charge >= 0.3 is 6.03 Å². The van der Waals surface area contributed by atoms with E-state index in [9.17, 15) is 9.59 Å². The zero-order valence-electron chi connectivity index (χ0n) is 7.99. The minimum Gasteiger partial charge on any atom is -0.379 e. The Morgan fingerprint density at radius 3 is 3.00 bits per heavy atom. The Labute approximate surface area is 82.4 Å². The summed E-state index contributed by atoms with van der Waals surface area (Å²) in [4.78, 5) is 24.5. The Balaban J connectivity index is 2.10. The first-order chi connectivity index (χ1) is 6.79. The van der Waals surface area contributed by atoms with E-state index in [-0.39, 0.29) is 18.0 Å². The summed E-state index contributed by atoms with van der Waals surface area (Å²) in [5, 5.41) is 2.71. The Kier molecular flexibility index (Phi) is 2.67. The van der Waals surface area contributed by atoms with Crippen molar-refractivity contribution < 1.29 is 14.3 Å². The number of nitrogens with zero attached hydrogens (tertiary/aromatic N) is 1. The molecular weight excluding hydrogens is 184 g/mol. The first-order valence-corrected chi connectivity index (χ1v) is 4.96. The van der Waals surface area contributed by atoms with Crippen molar-refractivity contribution in [1.82, 2.24) is 10.2 Å². The quantitative estimate of drug-likeness (QED) is 0.650. The van der Waals surface area contributed by atoms with E-state index in [1.165, 1.54) is 4.90 Å². The maximum atomic E-state index is 11.6. The molecule has 14 heavy (non-hydrogen) atoms. The molecular formula is C9H14N2O3. The highest BCUT2D eigenvalue weighted by molar-refractivity contribution is 5.95. The Morgan fingerprint density at radius 1 is 1.43 bits per heavy atom. The second kappa shape index (κ2) is 3.96. The van der Waals surface area contributed by atoms with E-state index in [1.807, 2.05) is 0 Å². The molecule has 0 radical (unpaired) electrons. The minimum atomic E-state index is -0.261. The topological polar surface area (TPSA) is 58.6 Å². The van der Waals surface area contributed by atoms with Gasteiger partial charge in [0.15, 0.2) is 0 Å². The van der Waals surface area contributed by atoms with Crippen LogP contribution in [0.2, 0.25) is 0 Å². The first kappa shape index (κ1) is 9.45. The predicted molar refractivity (Wildman–Crippen MR) is 48.7 cm³/mol. The molecule has 0 aromatic rings. The largest absolute Gasteiger partial charge is 0.379 e. The summed E-state index contributed by atoms with van der Waals surface area (Å²) in [5.74, 6) is -0.0736. The highest BCUT2D eigenvalue weighted by atomic mass is 16.5. The van der Waals surface area contributed by atoms with Gasteiger partial charge in [0.2, 0.25) is 5.91 Å². The standard InChI is InChI=1S/C9H14N2O3/c12-8-2-1-4-10-9(13)11(8)7-3-5-14-6-7/h7H,1-6H2,(H,10,13). The van der Waals surface area contributed by atoms with Crippen LogP contribution in [-0.2, 0) is 9.53 Å². The molecule has 2 heterocycles. The highest BCUT2D eigenvalue weighted by Crippen LogP contribution is 2.15. The third-order valence-corrected chi connectivity index (χ3v) is 2.60. The molecule has 0 spiro atoms. The molecule has 2 fully saturated rings. The Bertz CT molecular complexity index is 230. The average Bonchev–Trinajstić information content (AvgIpc) is 2.61. The summed E-state index contributed by atoms with van der Waals surface area (Å²) in [6.45, 7) is 1.72. The molecule has 0 saturated carbocycles. The van der Waals surface area contributed by atoms with Gasteiger partial charge in [-0.1, -0.05) is 0 Å². The fourth-order valence-electron chi connectivity index (χ4n) is 1.85. The average molecular weight is 198 g/mol. The van der Waals surface area contributed by atoms with Crippen molar-refractivity contribution in [3.63, 3.8) is 0 Å². The summed E-state index contributed by atoms with van der Waals surface area (Å²) in [5.41, 5.74) is 0. The molecule has 5 nitrogen and oxygen atoms in total. The molecule has 0 bridgehead atoms. The molecule has 0 aromatic heterocycles. The number of hydrogen-bond donors (Lipinski definition) is 1.